The molecule has 0 saturated heterocycles. The fraction of sp³-hybridized carbons (Fsp3) is 0.105. The van der Waals surface area contributed by atoms with E-state index in [2.05, 4.69) is 15.3 Å². The van der Waals surface area contributed by atoms with Gasteiger partial charge in [0, 0.05) is 17.1 Å². The van der Waals surface area contributed by atoms with Crippen LogP contribution in [0.1, 0.15) is 33.6 Å². The molecule has 0 saturated carbocycles. The predicted octanol–water partition coefficient (Wildman–Crippen LogP) is 5.39. The number of aromatic nitrogens is 2. The number of nitrogens with one attached hydrogen (secondary N) is 2. The Bertz CT molecular complexity index is 1150. The van der Waals surface area contributed by atoms with Gasteiger partial charge in [0.1, 0.15) is 11.4 Å². The molecule has 154 valence electrons. The third kappa shape index (κ3) is 4.67. The van der Waals surface area contributed by atoms with Gasteiger partial charge in [-0.25, -0.2) is 18.2 Å². The fourth-order valence-electron chi connectivity index (χ4n) is 2.53. The number of rotatable bonds is 6. The molecule has 0 aliphatic carbocycles. The highest BCUT2D eigenvalue weighted by atomic mass is 35.5. The Balaban J connectivity index is 1.90. The van der Waals surface area contributed by atoms with Crippen LogP contribution >= 0.6 is 23.2 Å². The maximum absolute atomic E-state index is 15.0. The summed E-state index contributed by atoms with van der Waals surface area (Å²) in [5.74, 6) is -2.58. The second-order valence-corrected chi connectivity index (χ2v) is 6.69. The molecule has 0 bridgehead atoms. The largest absolute Gasteiger partial charge is 0.454 e. The Morgan fingerprint density at radius 1 is 1.30 bits per heavy atom. The van der Waals surface area contributed by atoms with Crippen LogP contribution in [-0.4, -0.2) is 15.9 Å². The summed E-state index contributed by atoms with van der Waals surface area (Å²) in [7, 11) is 0. The van der Waals surface area contributed by atoms with Gasteiger partial charge in [-0.05, 0) is 24.3 Å². The van der Waals surface area contributed by atoms with E-state index < -0.39 is 29.5 Å². The van der Waals surface area contributed by atoms with Crippen LogP contribution < -0.4 is 10.1 Å². The lowest BCUT2D eigenvalue weighted by Gasteiger charge is -2.15. The van der Waals surface area contributed by atoms with Gasteiger partial charge in [0.2, 0.25) is 0 Å². The lowest BCUT2D eigenvalue weighted by atomic mass is 10.1. The second kappa shape index (κ2) is 9.07. The first-order chi connectivity index (χ1) is 14.3. The molecular formula is C19H11Cl2F3N4O2. The number of H-pyrrole nitrogens is 1. The average molecular weight is 455 g/mol. The van der Waals surface area contributed by atoms with Gasteiger partial charge < -0.3 is 15.0 Å². The SMILES string of the molecule is N#Cc1cc(Cl)cc(Oc2c(C(F)F)ccc(CNC(=O)c3[nH]cnc3Cl)c2F)c1. The van der Waals surface area contributed by atoms with Crippen molar-refractivity contribution >= 4 is 29.1 Å². The fourth-order valence-corrected chi connectivity index (χ4v) is 2.94. The number of benzene rings is 2. The summed E-state index contributed by atoms with van der Waals surface area (Å²) in [6.45, 7) is -0.334. The van der Waals surface area contributed by atoms with Crippen molar-refractivity contribution < 1.29 is 22.7 Å². The average Bonchev–Trinajstić information content (AvgIpc) is 3.13. The number of hydrogen-bond acceptors (Lipinski definition) is 4. The molecule has 11 heteroatoms. The van der Waals surface area contributed by atoms with Gasteiger partial charge in [-0.2, -0.15) is 5.26 Å². The van der Waals surface area contributed by atoms with E-state index in [0.717, 1.165) is 12.1 Å². The van der Waals surface area contributed by atoms with Crippen molar-refractivity contribution in [1.29, 1.82) is 5.26 Å². The van der Waals surface area contributed by atoms with Crippen molar-refractivity contribution in [3.63, 3.8) is 0 Å². The quantitative estimate of drug-likeness (QED) is 0.522. The first-order valence-corrected chi connectivity index (χ1v) is 9.00. The summed E-state index contributed by atoms with van der Waals surface area (Å²) in [5.41, 5.74) is -0.726. The van der Waals surface area contributed by atoms with Crippen molar-refractivity contribution in [3.05, 3.63) is 75.0 Å². The molecule has 3 rings (SSSR count). The zero-order valence-electron chi connectivity index (χ0n) is 14.8. The van der Waals surface area contributed by atoms with Crippen LogP contribution in [0.15, 0.2) is 36.7 Å². The summed E-state index contributed by atoms with van der Waals surface area (Å²) in [4.78, 5) is 18.3. The van der Waals surface area contributed by atoms with E-state index >= 15 is 0 Å². The number of alkyl halides is 2. The van der Waals surface area contributed by atoms with Crippen LogP contribution in [0, 0.1) is 17.1 Å². The standard InChI is InChI=1S/C19H11Cl2F3N4O2/c20-11-3-9(6-25)4-12(5-11)30-16-13(18(23)24)2-1-10(14(16)22)7-26-19(29)15-17(21)28-8-27-15/h1-5,8,18H,7H2,(H,26,29)(H,27,28). The van der Waals surface area contributed by atoms with Crippen molar-refractivity contribution in [2.45, 2.75) is 13.0 Å². The number of hydrogen-bond donors (Lipinski definition) is 2. The van der Waals surface area contributed by atoms with Gasteiger partial charge in [-0.15, -0.1) is 0 Å². The molecule has 2 aromatic carbocycles. The monoisotopic (exact) mass is 454 g/mol. The Hall–Kier alpha value is -3.22. The van der Waals surface area contributed by atoms with Gasteiger partial charge in [-0.3, -0.25) is 4.79 Å². The molecule has 0 aliphatic heterocycles. The number of carbonyl (C=O) groups excluding carboxylic acids is 1. The molecule has 0 unspecified atom stereocenters. The van der Waals surface area contributed by atoms with Crippen molar-refractivity contribution in [3.8, 4) is 17.6 Å². The Kier molecular flexibility index (Phi) is 6.50. The van der Waals surface area contributed by atoms with E-state index in [1.807, 2.05) is 6.07 Å². The van der Waals surface area contributed by atoms with Crippen molar-refractivity contribution in [2.24, 2.45) is 0 Å². The van der Waals surface area contributed by atoms with Gasteiger partial charge in [0.25, 0.3) is 12.3 Å². The molecule has 1 aromatic heterocycles. The number of imidazole rings is 1. The highest BCUT2D eigenvalue weighted by Gasteiger charge is 2.23. The highest BCUT2D eigenvalue weighted by molar-refractivity contribution is 6.32. The lowest BCUT2D eigenvalue weighted by molar-refractivity contribution is 0.0946. The Labute approximate surface area is 178 Å². The molecule has 0 atom stereocenters. The molecule has 0 aliphatic rings. The van der Waals surface area contributed by atoms with Gasteiger partial charge in [0.05, 0.1) is 23.5 Å². The predicted molar refractivity (Wildman–Crippen MR) is 102 cm³/mol. The number of carbonyl (C=O) groups is 1. The maximum atomic E-state index is 15.0. The van der Waals surface area contributed by atoms with Crippen LogP contribution in [0.25, 0.3) is 0 Å². The molecule has 3 aromatic rings. The topological polar surface area (TPSA) is 90.8 Å². The van der Waals surface area contributed by atoms with E-state index in [9.17, 15) is 18.0 Å². The summed E-state index contributed by atoms with van der Waals surface area (Å²) in [6, 6.07) is 7.76. The molecule has 0 fully saturated rings. The summed E-state index contributed by atoms with van der Waals surface area (Å²) >= 11 is 11.6. The van der Waals surface area contributed by atoms with Crippen LogP contribution in [0.2, 0.25) is 10.2 Å². The first kappa shape index (κ1) is 21.5. The van der Waals surface area contributed by atoms with E-state index in [1.54, 1.807) is 0 Å². The summed E-state index contributed by atoms with van der Waals surface area (Å²) in [5, 5.41) is 11.5. The molecule has 1 amide bonds. The van der Waals surface area contributed by atoms with E-state index in [0.29, 0.717) is 0 Å². The zero-order chi connectivity index (χ0) is 21.8. The van der Waals surface area contributed by atoms with E-state index in [-0.39, 0.29) is 39.3 Å². The van der Waals surface area contributed by atoms with Crippen LogP contribution in [0.5, 0.6) is 11.5 Å². The van der Waals surface area contributed by atoms with Crippen LogP contribution in [-0.2, 0) is 6.54 Å². The maximum Gasteiger partial charge on any atom is 0.271 e. The molecule has 0 radical (unpaired) electrons. The number of halogens is 5. The number of amides is 1. The number of ether oxygens (including phenoxy) is 1. The summed E-state index contributed by atoms with van der Waals surface area (Å²) in [6.07, 6.45) is -1.82. The smallest absolute Gasteiger partial charge is 0.271 e. The third-order valence-electron chi connectivity index (χ3n) is 3.92. The molecule has 0 spiro atoms. The van der Waals surface area contributed by atoms with Gasteiger partial charge in [0.15, 0.2) is 16.7 Å². The van der Waals surface area contributed by atoms with Crippen LogP contribution in [0.3, 0.4) is 0 Å². The van der Waals surface area contributed by atoms with Gasteiger partial charge in [-0.1, -0.05) is 29.3 Å². The number of nitrogens with zero attached hydrogens (tertiary/aromatic N) is 2. The van der Waals surface area contributed by atoms with Crippen LogP contribution in [0.4, 0.5) is 13.2 Å². The number of nitriles is 1. The third-order valence-corrected chi connectivity index (χ3v) is 4.43. The number of aromatic amines is 1. The van der Waals surface area contributed by atoms with Gasteiger partial charge >= 0.3 is 0 Å². The van der Waals surface area contributed by atoms with Crippen molar-refractivity contribution in [1.82, 2.24) is 15.3 Å². The lowest BCUT2D eigenvalue weighted by Crippen LogP contribution is -2.24. The zero-order valence-corrected chi connectivity index (χ0v) is 16.4. The minimum atomic E-state index is -3.03. The Morgan fingerprint density at radius 2 is 2.07 bits per heavy atom. The van der Waals surface area contributed by atoms with E-state index in [4.69, 9.17) is 33.2 Å². The minimum Gasteiger partial charge on any atom is -0.454 e. The molecule has 30 heavy (non-hydrogen) atoms. The Morgan fingerprint density at radius 3 is 2.70 bits per heavy atom. The molecule has 1 heterocycles. The first-order valence-electron chi connectivity index (χ1n) is 8.25. The molecular weight excluding hydrogens is 444 g/mol. The normalized spacial score (nSPS) is 10.7. The molecule has 2 N–H and O–H groups in total. The second-order valence-electron chi connectivity index (χ2n) is 5.90. The minimum absolute atomic E-state index is 0.0271. The highest BCUT2D eigenvalue weighted by Crippen LogP contribution is 2.37. The van der Waals surface area contributed by atoms with E-state index in [1.165, 1.54) is 24.5 Å². The summed E-state index contributed by atoms with van der Waals surface area (Å²) < 4.78 is 47.1. The molecule has 6 nitrogen and oxygen atoms in total. The van der Waals surface area contributed by atoms with Crippen molar-refractivity contribution in [2.75, 3.05) is 0 Å².